The van der Waals surface area contributed by atoms with Crippen molar-refractivity contribution in [2.45, 2.75) is 12.6 Å². The van der Waals surface area contributed by atoms with E-state index in [1.165, 1.54) is 10.9 Å². The number of aromatic nitrogens is 2. The first-order chi connectivity index (χ1) is 7.58. The van der Waals surface area contributed by atoms with Crippen LogP contribution in [-0.4, -0.2) is 28.3 Å². The van der Waals surface area contributed by atoms with Gasteiger partial charge in [-0.2, -0.15) is 0 Å². The lowest BCUT2D eigenvalue weighted by Crippen LogP contribution is -2.29. The maximum atomic E-state index is 11.7. The molecular weight excluding hydrogens is 301 g/mol. The van der Waals surface area contributed by atoms with Crippen molar-refractivity contribution < 1.29 is 9.53 Å². The molecule has 0 aliphatic carbocycles. The van der Waals surface area contributed by atoms with Crippen LogP contribution in [-0.2, 0) is 11.3 Å². The molecule has 8 heteroatoms. The van der Waals surface area contributed by atoms with E-state index in [9.17, 15) is 9.59 Å². The number of alkyl carbamates (subject to hydrolysis) is 1. The summed E-state index contributed by atoms with van der Waals surface area (Å²) in [4.78, 5) is 26.3. The molecule has 1 amide bonds. The fourth-order valence-electron chi connectivity index (χ4n) is 1.33. The number of nitrogens with zero attached hydrogens (tertiary/aromatic N) is 2. The van der Waals surface area contributed by atoms with Crippen molar-refractivity contribution in [3.8, 4) is 0 Å². The Bertz CT molecular complexity index is 490. The van der Waals surface area contributed by atoms with Gasteiger partial charge in [-0.25, -0.2) is 9.78 Å². The molecule has 1 saturated heterocycles. The van der Waals surface area contributed by atoms with E-state index in [-0.39, 0.29) is 27.8 Å². The van der Waals surface area contributed by atoms with E-state index in [0.717, 1.165) is 0 Å². The minimum Gasteiger partial charge on any atom is -0.442 e. The Hall–Kier alpha value is -1.08. The number of nitrogens with one attached hydrogen (secondary N) is 1. The Kier molecular flexibility index (Phi) is 3.15. The molecule has 6 nitrogen and oxygen atoms in total. The van der Waals surface area contributed by atoms with Crippen LogP contribution in [0.4, 0.5) is 4.79 Å². The summed E-state index contributed by atoms with van der Waals surface area (Å²) in [7, 11) is 0. The zero-order valence-corrected chi connectivity index (χ0v) is 10.3. The normalized spacial score (nSPS) is 19.4. The first kappa shape index (κ1) is 11.4. The van der Waals surface area contributed by atoms with Crippen molar-refractivity contribution in [3.63, 3.8) is 0 Å². The molecule has 1 N–H and O–H groups in total. The molecule has 0 radical (unpaired) electrons. The minimum atomic E-state index is -0.473. The predicted octanol–water partition coefficient (Wildman–Crippen LogP) is 0.768. The van der Waals surface area contributed by atoms with E-state index >= 15 is 0 Å². The highest BCUT2D eigenvalue weighted by atomic mass is 79.9. The maximum Gasteiger partial charge on any atom is 0.407 e. The quantitative estimate of drug-likeness (QED) is 0.819. The fraction of sp³-hybridized carbons (Fsp3) is 0.375. The highest BCUT2D eigenvalue weighted by Gasteiger charge is 2.23. The van der Waals surface area contributed by atoms with Crippen LogP contribution in [0.1, 0.15) is 0 Å². The molecule has 2 rings (SSSR count). The lowest BCUT2D eigenvalue weighted by atomic mass is 10.3. The van der Waals surface area contributed by atoms with Gasteiger partial charge in [-0.3, -0.25) is 9.36 Å². The predicted molar refractivity (Wildman–Crippen MR) is 59.5 cm³/mol. The number of halogens is 2. The van der Waals surface area contributed by atoms with Gasteiger partial charge in [0, 0.05) is 0 Å². The van der Waals surface area contributed by atoms with Gasteiger partial charge < -0.3 is 10.1 Å². The van der Waals surface area contributed by atoms with Crippen LogP contribution in [0.3, 0.4) is 0 Å². The van der Waals surface area contributed by atoms with Crippen molar-refractivity contribution in [2.24, 2.45) is 0 Å². The smallest absolute Gasteiger partial charge is 0.407 e. The molecule has 1 aromatic heterocycles. The van der Waals surface area contributed by atoms with Gasteiger partial charge in [0.15, 0.2) is 5.15 Å². The monoisotopic (exact) mass is 307 g/mol. The van der Waals surface area contributed by atoms with E-state index in [0.29, 0.717) is 6.54 Å². The number of hydrogen-bond acceptors (Lipinski definition) is 4. The summed E-state index contributed by atoms with van der Waals surface area (Å²) < 4.78 is 6.44. The van der Waals surface area contributed by atoms with E-state index in [2.05, 4.69) is 26.2 Å². The molecule has 2 heterocycles. The van der Waals surface area contributed by atoms with Gasteiger partial charge in [0.05, 0.1) is 19.4 Å². The van der Waals surface area contributed by atoms with Gasteiger partial charge in [0.1, 0.15) is 10.6 Å². The zero-order valence-electron chi connectivity index (χ0n) is 7.94. The van der Waals surface area contributed by atoms with Crippen LogP contribution in [0, 0.1) is 0 Å². The molecule has 1 fully saturated rings. The molecule has 0 bridgehead atoms. The molecule has 86 valence electrons. The number of amides is 1. The number of cyclic esters (lactones) is 1. The molecule has 16 heavy (non-hydrogen) atoms. The molecule has 1 atom stereocenters. The Morgan fingerprint density at radius 3 is 3.06 bits per heavy atom. The number of carbonyl (C=O) groups excluding carboxylic acids is 1. The number of ether oxygens (including phenoxy) is 1. The third-order valence-electron chi connectivity index (χ3n) is 2.09. The number of hydrogen-bond donors (Lipinski definition) is 1. The highest BCUT2D eigenvalue weighted by molar-refractivity contribution is 9.10. The summed E-state index contributed by atoms with van der Waals surface area (Å²) in [5.74, 6) is 0. The molecule has 1 aliphatic rings. The topological polar surface area (TPSA) is 73.2 Å². The lowest BCUT2D eigenvalue weighted by molar-refractivity contribution is 0.130. The van der Waals surface area contributed by atoms with Crippen molar-refractivity contribution in [3.05, 3.63) is 26.3 Å². The average molecular weight is 309 g/mol. The van der Waals surface area contributed by atoms with Gasteiger partial charge in [0.2, 0.25) is 0 Å². The third kappa shape index (κ3) is 2.19. The molecular formula is C8H7BrClN3O3. The fourth-order valence-corrected chi connectivity index (χ4v) is 1.78. The summed E-state index contributed by atoms with van der Waals surface area (Å²) >= 11 is 8.70. The summed E-state index contributed by atoms with van der Waals surface area (Å²) in [5, 5.41) is 2.61. The van der Waals surface area contributed by atoms with Gasteiger partial charge in [-0.05, 0) is 15.9 Å². The first-order valence-electron chi connectivity index (χ1n) is 4.43. The van der Waals surface area contributed by atoms with Crippen LogP contribution in [0.2, 0.25) is 5.15 Å². The number of carbonyl (C=O) groups is 1. The van der Waals surface area contributed by atoms with Crippen molar-refractivity contribution in [1.29, 1.82) is 0 Å². The maximum absolute atomic E-state index is 11.7. The largest absolute Gasteiger partial charge is 0.442 e. The van der Waals surface area contributed by atoms with E-state index in [1.807, 2.05) is 0 Å². The van der Waals surface area contributed by atoms with Crippen molar-refractivity contribution in [2.75, 3.05) is 6.54 Å². The Morgan fingerprint density at radius 2 is 2.44 bits per heavy atom. The second-order valence-electron chi connectivity index (χ2n) is 3.22. The molecule has 1 aromatic rings. The third-order valence-corrected chi connectivity index (χ3v) is 3.32. The Labute approximate surface area is 104 Å². The Morgan fingerprint density at radius 1 is 1.69 bits per heavy atom. The second kappa shape index (κ2) is 4.42. The first-order valence-corrected chi connectivity index (χ1v) is 5.60. The lowest BCUT2D eigenvalue weighted by Gasteiger charge is -2.10. The second-order valence-corrected chi connectivity index (χ2v) is 4.37. The highest BCUT2D eigenvalue weighted by Crippen LogP contribution is 2.14. The molecule has 0 aromatic carbocycles. The van der Waals surface area contributed by atoms with E-state index in [4.69, 9.17) is 16.3 Å². The summed E-state index contributed by atoms with van der Waals surface area (Å²) in [6, 6.07) is 0. The molecule has 0 spiro atoms. The number of rotatable bonds is 2. The van der Waals surface area contributed by atoms with E-state index in [1.54, 1.807) is 0 Å². The van der Waals surface area contributed by atoms with Gasteiger partial charge in [-0.15, -0.1) is 0 Å². The summed E-state index contributed by atoms with van der Waals surface area (Å²) in [5.41, 5.74) is -0.303. The SMILES string of the molecule is O=C1NCC(Cn2cnc(Cl)c(Br)c2=O)O1. The van der Waals surface area contributed by atoms with Crippen LogP contribution < -0.4 is 10.9 Å². The zero-order chi connectivity index (χ0) is 11.7. The van der Waals surface area contributed by atoms with Crippen molar-refractivity contribution in [1.82, 2.24) is 14.9 Å². The van der Waals surface area contributed by atoms with Gasteiger partial charge in [0.25, 0.3) is 5.56 Å². The summed E-state index contributed by atoms with van der Waals surface area (Å²) in [6.07, 6.45) is 0.487. The summed E-state index contributed by atoms with van der Waals surface area (Å²) in [6.45, 7) is 0.631. The van der Waals surface area contributed by atoms with Gasteiger partial charge in [-0.1, -0.05) is 11.6 Å². The molecule has 0 saturated carbocycles. The Balaban J connectivity index is 2.19. The van der Waals surface area contributed by atoms with Crippen LogP contribution >= 0.6 is 27.5 Å². The van der Waals surface area contributed by atoms with Crippen LogP contribution in [0.5, 0.6) is 0 Å². The molecule has 1 unspecified atom stereocenters. The van der Waals surface area contributed by atoms with Crippen LogP contribution in [0.15, 0.2) is 15.6 Å². The van der Waals surface area contributed by atoms with Crippen LogP contribution in [0.25, 0.3) is 0 Å². The van der Waals surface area contributed by atoms with E-state index < -0.39 is 6.09 Å². The van der Waals surface area contributed by atoms with Gasteiger partial charge >= 0.3 is 6.09 Å². The molecule has 1 aliphatic heterocycles. The standard InChI is InChI=1S/C8H7BrClN3O3/c9-5-6(10)12-3-13(7(5)14)2-4-1-11-8(15)16-4/h3-4H,1-2H2,(H,11,15). The average Bonchev–Trinajstić information content (AvgIpc) is 2.65. The minimum absolute atomic E-state index is 0.114. The van der Waals surface area contributed by atoms with Crippen molar-refractivity contribution >= 4 is 33.6 Å².